The Morgan fingerprint density at radius 3 is 2.59 bits per heavy atom. The number of halogens is 1. The van der Waals surface area contributed by atoms with Gasteiger partial charge in [0.1, 0.15) is 10.6 Å². The van der Waals surface area contributed by atoms with E-state index in [1.165, 1.54) is 11.3 Å². The van der Waals surface area contributed by atoms with E-state index >= 15 is 0 Å². The molecule has 1 heterocycles. The highest BCUT2D eigenvalue weighted by Gasteiger charge is 2.16. The molecule has 0 bridgehead atoms. The van der Waals surface area contributed by atoms with E-state index in [0.717, 1.165) is 21.4 Å². The Kier molecular flexibility index (Phi) is 4.32. The van der Waals surface area contributed by atoms with E-state index in [0.29, 0.717) is 16.4 Å². The van der Waals surface area contributed by atoms with Crippen LogP contribution in [-0.4, -0.2) is 13.0 Å². The predicted molar refractivity (Wildman–Crippen MR) is 91.0 cm³/mol. The first-order valence-electron chi connectivity index (χ1n) is 6.77. The third kappa shape index (κ3) is 2.93. The van der Waals surface area contributed by atoms with Crippen molar-refractivity contribution in [3.8, 4) is 5.75 Å². The van der Waals surface area contributed by atoms with Gasteiger partial charge >= 0.3 is 0 Å². The van der Waals surface area contributed by atoms with Crippen molar-refractivity contribution < 1.29 is 9.53 Å². The number of amides is 1. The number of methoxy groups -OCH3 is 1. The number of hydrogen-bond acceptors (Lipinski definition) is 3. The quantitative estimate of drug-likeness (QED) is 0.764. The Hall–Kier alpha value is -2.04. The molecule has 22 heavy (non-hydrogen) atoms. The van der Waals surface area contributed by atoms with Gasteiger partial charge in [-0.15, -0.1) is 11.3 Å². The first-order chi connectivity index (χ1) is 10.7. The summed E-state index contributed by atoms with van der Waals surface area (Å²) >= 11 is 7.72. The highest BCUT2D eigenvalue weighted by molar-refractivity contribution is 7.21. The van der Waals surface area contributed by atoms with Gasteiger partial charge in [-0.05, 0) is 23.8 Å². The van der Waals surface area contributed by atoms with E-state index in [2.05, 4.69) is 5.32 Å². The number of fused-ring (bicyclic) bond motifs is 1. The van der Waals surface area contributed by atoms with E-state index < -0.39 is 0 Å². The summed E-state index contributed by atoms with van der Waals surface area (Å²) in [7, 11) is 1.63. The third-order valence-electron chi connectivity index (χ3n) is 3.35. The van der Waals surface area contributed by atoms with Crippen LogP contribution in [0.5, 0.6) is 5.75 Å². The highest BCUT2D eigenvalue weighted by atomic mass is 35.5. The average molecular weight is 332 g/mol. The second-order valence-corrected chi connectivity index (χ2v) is 6.20. The maximum Gasteiger partial charge on any atom is 0.263 e. The number of nitrogens with one attached hydrogen (secondary N) is 1. The van der Waals surface area contributed by atoms with Crippen LogP contribution in [0, 0.1) is 0 Å². The predicted octanol–water partition coefficient (Wildman–Crippen LogP) is 4.49. The number of rotatable bonds is 4. The van der Waals surface area contributed by atoms with Crippen molar-refractivity contribution in [3.05, 3.63) is 64.0 Å². The standard InChI is InChI=1S/C17H14ClNO2S/c1-21-12-8-6-11(7-9-12)10-19-17(20)16-15(18)13-4-2-3-5-14(13)22-16/h2-9H,10H2,1H3,(H,19,20). The Balaban J connectivity index is 1.74. The number of carbonyl (C=O) groups is 1. The zero-order valence-corrected chi connectivity index (χ0v) is 13.5. The van der Waals surface area contributed by atoms with Gasteiger partial charge in [-0.3, -0.25) is 4.79 Å². The maximum absolute atomic E-state index is 12.3. The summed E-state index contributed by atoms with van der Waals surface area (Å²) in [5, 5.41) is 4.34. The van der Waals surface area contributed by atoms with Gasteiger partial charge in [0.05, 0.1) is 12.1 Å². The van der Waals surface area contributed by atoms with Gasteiger partial charge in [0, 0.05) is 16.6 Å². The average Bonchev–Trinajstić information content (AvgIpc) is 2.90. The van der Waals surface area contributed by atoms with E-state index in [1.54, 1.807) is 7.11 Å². The molecule has 3 rings (SSSR count). The normalized spacial score (nSPS) is 10.6. The van der Waals surface area contributed by atoms with E-state index in [1.807, 2.05) is 48.5 Å². The van der Waals surface area contributed by atoms with Crippen LogP contribution >= 0.6 is 22.9 Å². The lowest BCUT2D eigenvalue weighted by Gasteiger charge is -2.05. The van der Waals surface area contributed by atoms with Gasteiger partial charge in [-0.25, -0.2) is 0 Å². The topological polar surface area (TPSA) is 38.3 Å². The molecule has 0 aliphatic carbocycles. The molecule has 0 aliphatic heterocycles. The molecule has 0 spiro atoms. The SMILES string of the molecule is COc1ccc(CNC(=O)c2sc3ccccc3c2Cl)cc1. The second kappa shape index (κ2) is 6.38. The van der Waals surface area contributed by atoms with Crippen LogP contribution in [-0.2, 0) is 6.54 Å². The van der Waals surface area contributed by atoms with Crippen LogP contribution in [0.3, 0.4) is 0 Å². The second-order valence-electron chi connectivity index (χ2n) is 4.77. The van der Waals surface area contributed by atoms with Crippen LogP contribution in [0.1, 0.15) is 15.2 Å². The molecule has 1 N–H and O–H groups in total. The fourth-order valence-corrected chi connectivity index (χ4v) is 3.60. The van der Waals surface area contributed by atoms with Crippen molar-refractivity contribution >= 4 is 38.9 Å². The molecule has 2 aromatic carbocycles. The summed E-state index contributed by atoms with van der Waals surface area (Å²) in [6, 6.07) is 15.3. The largest absolute Gasteiger partial charge is 0.497 e. The molecule has 3 aromatic rings. The van der Waals surface area contributed by atoms with Crippen molar-refractivity contribution in [2.75, 3.05) is 7.11 Å². The summed E-state index contributed by atoms with van der Waals surface area (Å²) in [6.07, 6.45) is 0. The van der Waals surface area contributed by atoms with Gasteiger partial charge in [-0.2, -0.15) is 0 Å². The van der Waals surface area contributed by atoms with Crippen LogP contribution in [0.2, 0.25) is 5.02 Å². The number of hydrogen-bond donors (Lipinski definition) is 1. The molecule has 0 fully saturated rings. The molecule has 0 atom stereocenters. The first kappa shape index (κ1) is 14.9. The van der Waals surface area contributed by atoms with Gasteiger partial charge in [0.25, 0.3) is 5.91 Å². The highest BCUT2D eigenvalue weighted by Crippen LogP contribution is 2.34. The van der Waals surface area contributed by atoms with E-state index in [-0.39, 0.29) is 5.91 Å². The Bertz CT molecular complexity index is 811. The van der Waals surface area contributed by atoms with Crippen LogP contribution in [0.15, 0.2) is 48.5 Å². The first-order valence-corrected chi connectivity index (χ1v) is 7.96. The molecule has 5 heteroatoms. The van der Waals surface area contributed by atoms with Gasteiger partial charge < -0.3 is 10.1 Å². The molecule has 0 saturated heterocycles. The monoisotopic (exact) mass is 331 g/mol. The lowest BCUT2D eigenvalue weighted by atomic mass is 10.2. The third-order valence-corrected chi connectivity index (χ3v) is 5.03. The van der Waals surface area contributed by atoms with Crippen molar-refractivity contribution in [3.63, 3.8) is 0 Å². The summed E-state index contributed by atoms with van der Waals surface area (Å²) < 4.78 is 6.13. The van der Waals surface area contributed by atoms with Crippen LogP contribution < -0.4 is 10.1 Å². The molecule has 112 valence electrons. The molecule has 0 saturated carbocycles. The van der Waals surface area contributed by atoms with Crippen LogP contribution in [0.25, 0.3) is 10.1 Å². The number of benzene rings is 2. The lowest BCUT2D eigenvalue weighted by molar-refractivity contribution is 0.0955. The van der Waals surface area contributed by atoms with Crippen molar-refractivity contribution in [2.24, 2.45) is 0 Å². The minimum absolute atomic E-state index is 0.151. The Morgan fingerprint density at radius 1 is 1.18 bits per heavy atom. The van der Waals surface area contributed by atoms with Gasteiger partial charge in [0.2, 0.25) is 0 Å². The number of ether oxygens (including phenoxy) is 1. The summed E-state index contributed by atoms with van der Waals surface area (Å²) in [6.45, 7) is 0.452. The molecular weight excluding hydrogens is 318 g/mol. The summed E-state index contributed by atoms with van der Waals surface area (Å²) in [5.74, 6) is 0.643. The van der Waals surface area contributed by atoms with Crippen molar-refractivity contribution in [1.82, 2.24) is 5.32 Å². The minimum atomic E-state index is -0.151. The van der Waals surface area contributed by atoms with Gasteiger partial charge in [-0.1, -0.05) is 41.9 Å². The van der Waals surface area contributed by atoms with Crippen LogP contribution in [0.4, 0.5) is 0 Å². The molecule has 0 aliphatic rings. The summed E-state index contributed by atoms with van der Waals surface area (Å²) in [5.41, 5.74) is 1.01. The number of carbonyl (C=O) groups excluding carboxylic acids is 1. The fraction of sp³-hybridized carbons (Fsp3) is 0.118. The van der Waals surface area contributed by atoms with Crippen molar-refractivity contribution in [2.45, 2.75) is 6.54 Å². The summed E-state index contributed by atoms with van der Waals surface area (Å²) in [4.78, 5) is 12.9. The number of thiophene rings is 1. The Morgan fingerprint density at radius 2 is 1.91 bits per heavy atom. The van der Waals surface area contributed by atoms with E-state index in [4.69, 9.17) is 16.3 Å². The molecule has 1 amide bonds. The maximum atomic E-state index is 12.3. The zero-order valence-electron chi connectivity index (χ0n) is 11.9. The minimum Gasteiger partial charge on any atom is -0.497 e. The van der Waals surface area contributed by atoms with E-state index in [9.17, 15) is 4.79 Å². The Labute approximate surface area is 137 Å². The molecule has 1 aromatic heterocycles. The van der Waals surface area contributed by atoms with Crippen molar-refractivity contribution in [1.29, 1.82) is 0 Å². The molecule has 3 nitrogen and oxygen atoms in total. The zero-order chi connectivity index (χ0) is 15.5. The molecular formula is C17H14ClNO2S. The lowest BCUT2D eigenvalue weighted by Crippen LogP contribution is -2.22. The molecule has 0 unspecified atom stereocenters. The smallest absolute Gasteiger partial charge is 0.263 e. The van der Waals surface area contributed by atoms with Gasteiger partial charge in [0.15, 0.2) is 0 Å². The fourth-order valence-electron chi connectivity index (χ4n) is 2.17. The molecule has 0 radical (unpaired) electrons.